The summed E-state index contributed by atoms with van der Waals surface area (Å²) in [4.78, 5) is 8.29. The third kappa shape index (κ3) is 6.80. The van der Waals surface area contributed by atoms with Gasteiger partial charge in [-0.15, -0.1) is 0 Å². The summed E-state index contributed by atoms with van der Waals surface area (Å²) in [6.07, 6.45) is 1.87. The lowest BCUT2D eigenvalue weighted by molar-refractivity contribution is 1.06. The van der Waals surface area contributed by atoms with Gasteiger partial charge in [-0.2, -0.15) is 0 Å². The predicted molar refractivity (Wildman–Crippen MR) is 95.5 cm³/mol. The second-order valence-corrected chi connectivity index (χ2v) is 5.32. The monoisotopic (exact) mass is 287 g/mol. The zero-order valence-corrected chi connectivity index (χ0v) is 13.4. The number of pyridine rings is 1. The van der Waals surface area contributed by atoms with Crippen LogP contribution < -0.4 is 9.80 Å². The highest BCUT2D eigenvalue weighted by atomic mass is 15.1. The van der Waals surface area contributed by atoms with Crippen molar-refractivity contribution in [1.29, 1.82) is 0 Å². The Morgan fingerprint density at radius 3 is 1.62 bits per heavy atom. The largest absolute Gasteiger partial charge is 0.378 e. The number of aryl methyl sites for hydroxylation is 2. The number of hydrogen-bond acceptors (Lipinski definition) is 3. The Labute approximate surface area is 130 Å². The minimum absolute atomic E-state index is 0. The molecule has 3 nitrogen and oxygen atoms in total. The lowest BCUT2D eigenvalue weighted by Crippen LogP contribution is -2.09. The van der Waals surface area contributed by atoms with E-state index < -0.39 is 0 Å². The molecule has 0 fully saturated rings. The molecule has 0 aliphatic carbocycles. The van der Waals surface area contributed by atoms with Crippen LogP contribution in [0.3, 0.4) is 0 Å². The summed E-state index contributed by atoms with van der Waals surface area (Å²) in [5.41, 5.74) is 3.77. The fourth-order valence-corrected chi connectivity index (χ4v) is 1.57. The molecule has 3 heteroatoms. The van der Waals surface area contributed by atoms with Gasteiger partial charge in [0, 0.05) is 40.1 Å². The molecule has 0 unspecified atom stereocenters. The SMILES string of the molecule is C.Cc1ccc(N(C)C)cc1.Cc1ccc(N(C)C)nc1. The van der Waals surface area contributed by atoms with E-state index in [1.54, 1.807) is 0 Å². The maximum atomic E-state index is 4.20. The van der Waals surface area contributed by atoms with Crippen LogP contribution in [-0.2, 0) is 0 Å². The van der Waals surface area contributed by atoms with E-state index in [1.165, 1.54) is 16.8 Å². The lowest BCUT2D eigenvalue weighted by atomic mass is 10.2. The van der Waals surface area contributed by atoms with Crippen LogP contribution in [0.4, 0.5) is 11.5 Å². The molecule has 21 heavy (non-hydrogen) atoms. The highest BCUT2D eigenvalue weighted by molar-refractivity contribution is 5.45. The predicted octanol–water partition coefficient (Wildman–Crippen LogP) is 4.15. The van der Waals surface area contributed by atoms with Gasteiger partial charge in [-0.3, -0.25) is 0 Å². The van der Waals surface area contributed by atoms with Crippen LogP contribution in [0.2, 0.25) is 0 Å². The van der Waals surface area contributed by atoms with Crippen LogP contribution >= 0.6 is 0 Å². The number of rotatable bonds is 2. The molecule has 0 saturated heterocycles. The molecule has 116 valence electrons. The Balaban J connectivity index is 0.000000364. The minimum atomic E-state index is 0. The molecule has 1 aromatic carbocycles. The molecule has 0 bridgehead atoms. The Hall–Kier alpha value is -2.03. The van der Waals surface area contributed by atoms with Gasteiger partial charge < -0.3 is 9.80 Å². The summed E-state index contributed by atoms with van der Waals surface area (Å²) in [5, 5.41) is 0. The molecule has 0 N–H and O–H groups in total. The van der Waals surface area contributed by atoms with Gasteiger partial charge in [0.2, 0.25) is 0 Å². The smallest absolute Gasteiger partial charge is 0.127 e. The van der Waals surface area contributed by atoms with Crippen molar-refractivity contribution in [3.8, 4) is 0 Å². The standard InChI is InChI=1S/C9H13N.C8H12N2.CH4/c1-8-4-6-9(7-5-8)10(2)3;1-7-4-5-8(9-6-7)10(2)3;/h4-7H,1-3H3;4-6H,1-3H3;1H4. The van der Waals surface area contributed by atoms with Crippen LogP contribution in [0.5, 0.6) is 0 Å². The molecule has 2 aromatic rings. The molecule has 0 aliphatic heterocycles. The molecule has 0 radical (unpaired) electrons. The zero-order valence-electron chi connectivity index (χ0n) is 13.4. The second-order valence-electron chi connectivity index (χ2n) is 5.32. The van der Waals surface area contributed by atoms with Crippen molar-refractivity contribution in [2.24, 2.45) is 0 Å². The van der Waals surface area contributed by atoms with E-state index in [-0.39, 0.29) is 7.43 Å². The average molecular weight is 287 g/mol. The van der Waals surface area contributed by atoms with Gasteiger partial charge in [0.25, 0.3) is 0 Å². The zero-order chi connectivity index (χ0) is 15.1. The summed E-state index contributed by atoms with van der Waals surface area (Å²) >= 11 is 0. The van der Waals surface area contributed by atoms with Crippen LogP contribution in [0, 0.1) is 13.8 Å². The van der Waals surface area contributed by atoms with E-state index in [2.05, 4.69) is 47.1 Å². The van der Waals surface area contributed by atoms with Gasteiger partial charge in [0.15, 0.2) is 0 Å². The first kappa shape index (κ1) is 19.0. The van der Waals surface area contributed by atoms with E-state index in [9.17, 15) is 0 Å². The van der Waals surface area contributed by atoms with E-state index >= 15 is 0 Å². The van der Waals surface area contributed by atoms with Gasteiger partial charge in [-0.1, -0.05) is 31.2 Å². The molecular weight excluding hydrogens is 258 g/mol. The van der Waals surface area contributed by atoms with Crippen molar-refractivity contribution in [3.63, 3.8) is 0 Å². The maximum absolute atomic E-state index is 4.20. The van der Waals surface area contributed by atoms with E-state index in [0.29, 0.717) is 0 Å². The number of nitrogens with zero attached hydrogens (tertiary/aromatic N) is 3. The third-order valence-electron chi connectivity index (χ3n) is 2.90. The molecule has 1 heterocycles. The molecule has 2 rings (SSSR count). The van der Waals surface area contributed by atoms with Crippen molar-refractivity contribution in [2.75, 3.05) is 38.0 Å². The summed E-state index contributed by atoms with van der Waals surface area (Å²) in [6, 6.07) is 12.5. The molecular formula is C18H29N3. The van der Waals surface area contributed by atoms with Gasteiger partial charge >= 0.3 is 0 Å². The Morgan fingerprint density at radius 1 is 0.714 bits per heavy atom. The van der Waals surface area contributed by atoms with Gasteiger partial charge in [0.05, 0.1) is 0 Å². The highest BCUT2D eigenvalue weighted by Gasteiger charge is 1.92. The van der Waals surface area contributed by atoms with Crippen molar-refractivity contribution >= 4 is 11.5 Å². The van der Waals surface area contributed by atoms with Crippen LogP contribution in [0.25, 0.3) is 0 Å². The van der Waals surface area contributed by atoms with E-state index in [4.69, 9.17) is 0 Å². The quantitative estimate of drug-likeness (QED) is 0.827. The highest BCUT2D eigenvalue weighted by Crippen LogP contribution is 2.10. The molecule has 0 amide bonds. The first-order valence-corrected chi connectivity index (χ1v) is 6.74. The minimum Gasteiger partial charge on any atom is -0.378 e. The van der Waals surface area contributed by atoms with Gasteiger partial charge in [0.1, 0.15) is 5.82 Å². The average Bonchev–Trinajstić information content (AvgIpc) is 2.40. The van der Waals surface area contributed by atoms with E-state index in [1.807, 2.05) is 52.3 Å². The third-order valence-corrected chi connectivity index (χ3v) is 2.90. The first-order chi connectivity index (χ1) is 9.40. The van der Waals surface area contributed by atoms with Crippen LogP contribution in [0.1, 0.15) is 18.6 Å². The molecule has 0 aliphatic rings. The fourth-order valence-electron chi connectivity index (χ4n) is 1.57. The van der Waals surface area contributed by atoms with Crippen LogP contribution in [-0.4, -0.2) is 33.2 Å². The number of anilines is 2. The van der Waals surface area contributed by atoms with Gasteiger partial charge in [-0.05, 0) is 37.6 Å². The lowest BCUT2D eigenvalue weighted by Gasteiger charge is -2.11. The maximum Gasteiger partial charge on any atom is 0.127 e. The molecule has 1 aromatic heterocycles. The Morgan fingerprint density at radius 2 is 1.24 bits per heavy atom. The van der Waals surface area contributed by atoms with Gasteiger partial charge in [-0.25, -0.2) is 4.98 Å². The number of benzene rings is 1. The van der Waals surface area contributed by atoms with Crippen molar-refractivity contribution < 1.29 is 0 Å². The number of aromatic nitrogens is 1. The fraction of sp³-hybridized carbons (Fsp3) is 0.389. The molecule has 0 spiro atoms. The summed E-state index contributed by atoms with van der Waals surface area (Å²) < 4.78 is 0. The van der Waals surface area contributed by atoms with Crippen molar-refractivity contribution in [2.45, 2.75) is 21.3 Å². The summed E-state index contributed by atoms with van der Waals surface area (Å²) in [5.74, 6) is 1.01. The summed E-state index contributed by atoms with van der Waals surface area (Å²) in [7, 11) is 8.06. The van der Waals surface area contributed by atoms with Crippen molar-refractivity contribution in [3.05, 3.63) is 53.7 Å². The molecule has 0 saturated carbocycles. The van der Waals surface area contributed by atoms with Crippen molar-refractivity contribution in [1.82, 2.24) is 4.98 Å². The first-order valence-electron chi connectivity index (χ1n) is 6.74. The molecule has 0 atom stereocenters. The Bertz CT molecular complexity index is 449. The second kappa shape index (κ2) is 9.01. The topological polar surface area (TPSA) is 19.4 Å². The summed E-state index contributed by atoms with van der Waals surface area (Å²) in [6.45, 7) is 4.13. The Kier molecular flexibility index (Phi) is 8.14. The normalized spacial score (nSPS) is 9.05. The number of hydrogen-bond donors (Lipinski definition) is 0. The van der Waals surface area contributed by atoms with Crippen LogP contribution in [0.15, 0.2) is 42.6 Å². The van der Waals surface area contributed by atoms with E-state index in [0.717, 1.165) is 5.82 Å².